The smallest absolute Gasteiger partial charge is 0.246 e. The fourth-order valence-electron chi connectivity index (χ4n) is 8.44. The number of piperazine rings is 1. The highest BCUT2D eigenvalue weighted by molar-refractivity contribution is 7.98. The molecular formula is C37H47N5O4S. The molecule has 2 bridgehead atoms. The van der Waals surface area contributed by atoms with Gasteiger partial charge in [0.15, 0.2) is 0 Å². The first kappa shape index (κ1) is 32.4. The number of nitrogens with zero attached hydrogens (tertiary/aromatic N) is 3. The second kappa shape index (κ2) is 14.1. The van der Waals surface area contributed by atoms with E-state index in [1.54, 1.807) is 16.7 Å². The van der Waals surface area contributed by atoms with E-state index in [1.807, 2.05) is 42.7 Å². The normalized spacial score (nSPS) is 29.3. The topological polar surface area (TPSA) is 94.2 Å². The number of anilines is 1. The third-order valence-corrected chi connectivity index (χ3v) is 11.5. The van der Waals surface area contributed by atoms with E-state index in [0.29, 0.717) is 12.2 Å². The first-order valence-electron chi connectivity index (χ1n) is 17.4. The average molecular weight is 658 g/mol. The van der Waals surface area contributed by atoms with Crippen molar-refractivity contribution in [3.63, 3.8) is 0 Å². The molecule has 10 heteroatoms. The molecular weight excluding hydrogens is 611 g/mol. The number of likely N-dealkylation sites (tertiary alicyclic amines) is 1. The van der Waals surface area contributed by atoms with Gasteiger partial charge in [-0.15, -0.1) is 11.8 Å². The van der Waals surface area contributed by atoms with Crippen LogP contribution in [0, 0.1) is 11.8 Å². The maximum Gasteiger partial charge on any atom is 0.246 e. The molecule has 2 aromatic carbocycles. The Bertz CT molecular complexity index is 1470. The number of ether oxygens (including phenoxy) is 1. The first-order valence-corrected chi connectivity index (χ1v) is 18.6. The Morgan fingerprint density at radius 2 is 1.70 bits per heavy atom. The molecule has 4 fully saturated rings. The molecule has 7 rings (SSSR count). The van der Waals surface area contributed by atoms with Crippen LogP contribution in [0.25, 0.3) is 0 Å². The molecule has 1 spiro atoms. The Balaban J connectivity index is 1.04. The number of nitrogens with one attached hydrogen (secondary N) is 2. The van der Waals surface area contributed by atoms with Gasteiger partial charge in [0, 0.05) is 55.9 Å². The Kier molecular flexibility index (Phi) is 9.73. The summed E-state index contributed by atoms with van der Waals surface area (Å²) in [6.07, 6.45) is 11.3. The lowest BCUT2D eigenvalue weighted by Crippen LogP contribution is -2.56. The molecule has 0 aromatic heterocycles. The second-order valence-corrected chi connectivity index (χ2v) is 14.6. The minimum absolute atomic E-state index is 0.112. The third kappa shape index (κ3) is 6.62. The zero-order valence-electron chi connectivity index (χ0n) is 27.3. The molecule has 1 saturated carbocycles. The summed E-state index contributed by atoms with van der Waals surface area (Å²) in [6.45, 7) is 6.24. The van der Waals surface area contributed by atoms with Gasteiger partial charge in [-0.05, 0) is 55.8 Å². The van der Waals surface area contributed by atoms with Gasteiger partial charge in [-0.1, -0.05) is 67.8 Å². The van der Waals surface area contributed by atoms with Crippen LogP contribution in [0.3, 0.4) is 0 Å². The quantitative estimate of drug-likeness (QED) is 0.277. The van der Waals surface area contributed by atoms with Gasteiger partial charge in [0.05, 0.1) is 17.9 Å². The van der Waals surface area contributed by atoms with Crippen molar-refractivity contribution in [1.29, 1.82) is 0 Å². The van der Waals surface area contributed by atoms with E-state index in [9.17, 15) is 14.4 Å². The van der Waals surface area contributed by atoms with Crippen LogP contribution >= 0.6 is 11.8 Å². The van der Waals surface area contributed by atoms with Crippen LogP contribution in [0.5, 0.6) is 0 Å². The average Bonchev–Trinajstić information content (AvgIpc) is 3.74. The highest BCUT2D eigenvalue weighted by Crippen LogP contribution is 2.55. The molecule has 250 valence electrons. The van der Waals surface area contributed by atoms with Crippen LogP contribution in [0.15, 0.2) is 71.6 Å². The number of thioether (sulfide) groups is 1. The molecule has 5 aliphatic rings. The van der Waals surface area contributed by atoms with Crippen LogP contribution < -0.4 is 10.6 Å². The number of hydrogen-bond donors (Lipinski definition) is 2. The summed E-state index contributed by atoms with van der Waals surface area (Å²) in [5.41, 5.74) is 0.898. The van der Waals surface area contributed by atoms with Gasteiger partial charge >= 0.3 is 0 Å². The van der Waals surface area contributed by atoms with Crippen LogP contribution in [0.1, 0.15) is 44.1 Å². The maximum atomic E-state index is 14.4. The van der Waals surface area contributed by atoms with Gasteiger partial charge < -0.3 is 25.2 Å². The Morgan fingerprint density at radius 1 is 0.936 bits per heavy atom. The number of rotatable bonds is 11. The molecule has 5 atom stereocenters. The summed E-state index contributed by atoms with van der Waals surface area (Å²) in [6, 6.07) is 17.6. The second-order valence-electron chi connectivity index (χ2n) is 13.8. The van der Waals surface area contributed by atoms with Crippen LogP contribution in [0.4, 0.5) is 5.69 Å². The molecule has 3 saturated heterocycles. The molecule has 9 nitrogen and oxygen atoms in total. The molecule has 0 radical (unpaired) electrons. The van der Waals surface area contributed by atoms with Crippen molar-refractivity contribution in [2.45, 2.75) is 73.8 Å². The molecule has 4 aliphatic heterocycles. The monoisotopic (exact) mass is 657 g/mol. The van der Waals surface area contributed by atoms with Crippen molar-refractivity contribution < 1.29 is 19.1 Å². The Morgan fingerprint density at radius 3 is 2.47 bits per heavy atom. The first-order chi connectivity index (χ1) is 22.9. The number of carbonyl (C=O) groups excluding carboxylic acids is 3. The van der Waals surface area contributed by atoms with Gasteiger partial charge in [0.2, 0.25) is 17.7 Å². The standard InChI is InChI=1S/C37H47N5O4S/c1-47-29-15-8-14-28(24-29)39-34(43)31-30-16-17-37(46-30)32(31)36(45)42(33(37)35(44)38-27-12-6-3-7-13-27)19-9-18-40-20-22-41(23-21-40)25-26-10-4-2-5-11-26/h2,4-5,8,10-11,14-17,24,27,30-33H,3,6-7,9,12-13,18-23,25H2,1H3,(H,38,44)(H,39,43)/t30-,31+,32-,33+,37-/m0/s1. The van der Waals surface area contributed by atoms with Gasteiger partial charge in [-0.2, -0.15) is 0 Å². The van der Waals surface area contributed by atoms with Crippen molar-refractivity contribution in [3.05, 3.63) is 72.3 Å². The molecule has 1 aliphatic carbocycles. The molecule has 2 N–H and O–H groups in total. The van der Waals surface area contributed by atoms with Gasteiger partial charge in [0.25, 0.3) is 0 Å². The number of amides is 3. The van der Waals surface area contributed by atoms with E-state index in [0.717, 1.165) is 76.3 Å². The van der Waals surface area contributed by atoms with Crippen LogP contribution in [-0.2, 0) is 25.7 Å². The summed E-state index contributed by atoms with van der Waals surface area (Å²) < 4.78 is 6.57. The fourth-order valence-corrected chi connectivity index (χ4v) is 8.90. The maximum absolute atomic E-state index is 14.4. The lowest BCUT2D eigenvalue weighted by molar-refractivity contribution is -0.141. The number of fused-ring (bicyclic) bond motifs is 1. The van der Waals surface area contributed by atoms with Crippen molar-refractivity contribution in [2.75, 3.05) is 50.8 Å². The number of benzene rings is 2. The Labute approximate surface area is 282 Å². The predicted molar refractivity (Wildman–Crippen MR) is 184 cm³/mol. The highest BCUT2D eigenvalue weighted by Gasteiger charge is 2.72. The van der Waals surface area contributed by atoms with Gasteiger partial charge in [-0.3, -0.25) is 19.3 Å². The molecule has 47 heavy (non-hydrogen) atoms. The summed E-state index contributed by atoms with van der Waals surface area (Å²) >= 11 is 1.61. The zero-order chi connectivity index (χ0) is 32.4. The van der Waals surface area contributed by atoms with E-state index >= 15 is 0 Å². The minimum atomic E-state index is -1.13. The Hall–Kier alpha value is -3.18. The number of carbonyl (C=O) groups is 3. The summed E-state index contributed by atoms with van der Waals surface area (Å²) in [5, 5.41) is 6.35. The predicted octanol–water partition coefficient (Wildman–Crippen LogP) is 4.15. The summed E-state index contributed by atoms with van der Waals surface area (Å²) in [5.74, 6) is -1.96. The van der Waals surface area contributed by atoms with E-state index in [-0.39, 0.29) is 23.8 Å². The lowest BCUT2D eigenvalue weighted by Gasteiger charge is -2.36. The van der Waals surface area contributed by atoms with E-state index in [2.05, 4.69) is 50.8 Å². The highest BCUT2D eigenvalue weighted by atomic mass is 32.2. The third-order valence-electron chi connectivity index (χ3n) is 10.8. The zero-order valence-corrected chi connectivity index (χ0v) is 28.1. The van der Waals surface area contributed by atoms with Crippen LogP contribution in [0.2, 0.25) is 0 Å². The molecule has 0 unspecified atom stereocenters. The largest absolute Gasteiger partial charge is 0.359 e. The SMILES string of the molecule is CSc1cccc(NC(=O)[C@@H]2[C@@H]3C=C[C@]4(O3)[C@@H]2C(=O)N(CCCN2CCN(Cc3ccccc3)CC2)[C@@H]4C(=O)NC2CCCCC2)c1. The van der Waals surface area contributed by atoms with Gasteiger partial charge in [-0.25, -0.2) is 0 Å². The lowest BCUT2D eigenvalue weighted by atomic mass is 9.74. The minimum Gasteiger partial charge on any atom is -0.359 e. The summed E-state index contributed by atoms with van der Waals surface area (Å²) in [4.78, 5) is 50.1. The van der Waals surface area contributed by atoms with Crippen LogP contribution in [-0.4, -0.2) is 102 Å². The van der Waals surface area contributed by atoms with E-state index in [1.165, 1.54) is 12.0 Å². The molecule has 2 aromatic rings. The fraction of sp³-hybridized carbons (Fsp3) is 0.541. The van der Waals surface area contributed by atoms with Gasteiger partial charge in [0.1, 0.15) is 11.6 Å². The summed E-state index contributed by atoms with van der Waals surface area (Å²) in [7, 11) is 0. The van der Waals surface area contributed by atoms with E-state index in [4.69, 9.17) is 4.74 Å². The molecule has 3 amide bonds. The van der Waals surface area contributed by atoms with Crippen molar-refractivity contribution in [1.82, 2.24) is 20.0 Å². The number of hydrogen-bond acceptors (Lipinski definition) is 7. The van der Waals surface area contributed by atoms with Crippen molar-refractivity contribution in [3.8, 4) is 0 Å². The molecule has 4 heterocycles. The van der Waals surface area contributed by atoms with Crippen molar-refractivity contribution >= 4 is 35.2 Å². The van der Waals surface area contributed by atoms with Crippen molar-refractivity contribution in [2.24, 2.45) is 11.8 Å². The van der Waals surface area contributed by atoms with E-state index < -0.39 is 29.6 Å².